The zero-order valence-electron chi connectivity index (χ0n) is 10.1. The van der Waals surface area contributed by atoms with Crippen molar-refractivity contribution in [1.29, 1.82) is 0 Å². The van der Waals surface area contributed by atoms with Crippen molar-refractivity contribution in [2.75, 3.05) is 16.4 Å². The Bertz CT molecular complexity index is 491. The van der Waals surface area contributed by atoms with Gasteiger partial charge in [0.25, 0.3) is 0 Å². The predicted octanol–water partition coefficient (Wildman–Crippen LogP) is 1.59. The molecule has 96 valence electrons. The maximum absolute atomic E-state index is 12.2. The standard InChI is InChI=1S/C13H17N3OS/c14-8-4-5-12-11(6-8)16(13(17)7-18-12)10-3-1-2-9(10)15/h4-6,9-10H,1-3,7,14-15H2. The highest BCUT2D eigenvalue weighted by Crippen LogP contribution is 2.40. The lowest BCUT2D eigenvalue weighted by atomic mass is 10.1. The van der Waals surface area contributed by atoms with E-state index in [9.17, 15) is 4.79 Å². The number of nitrogens with two attached hydrogens (primary N) is 2. The van der Waals surface area contributed by atoms with Crippen LogP contribution in [0, 0.1) is 0 Å². The maximum atomic E-state index is 12.2. The van der Waals surface area contributed by atoms with Crippen LogP contribution in [-0.2, 0) is 4.79 Å². The summed E-state index contributed by atoms with van der Waals surface area (Å²) in [5.41, 5.74) is 13.6. The van der Waals surface area contributed by atoms with E-state index in [2.05, 4.69) is 0 Å². The first-order valence-corrected chi connectivity index (χ1v) is 7.25. The predicted molar refractivity (Wildman–Crippen MR) is 74.7 cm³/mol. The molecule has 0 saturated heterocycles. The van der Waals surface area contributed by atoms with E-state index in [0.29, 0.717) is 11.4 Å². The van der Waals surface area contributed by atoms with Crippen LogP contribution < -0.4 is 16.4 Å². The zero-order valence-corrected chi connectivity index (χ0v) is 11.0. The van der Waals surface area contributed by atoms with Crippen molar-refractivity contribution in [1.82, 2.24) is 0 Å². The molecule has 1 aliphatic carbocycles. The minimum Gasteiger partial charge on any atom is -0.399 e. The van der Waals surface area contributed by atoms with Gasteiger partial charge in [-0.1, -0.05) is 0 Å². The van der Waals surface area contributed by atoms with Gasteiger partial charge in [-0.2, -0.15) is 0 Å². The van der Waals surface area contributed by atoms with Gasteiger partial charge in [-0.15, -0.1) is 11.8 Å². The Balaban J connectivity index is 2.03. The minimum atomic E-state index is 0.0892. The average Bonchev–Trinajstić information content (AvgIpc) is 2.75. The summed E-state index contributed by atoms with van der Waals surface area (Å²) in [5, 5.41) is 0. The lowest BCUT2D eigenvalue weighted by molar-refractivity contribution is -0.116. The van der Waals surface area contributed by atoms with E-state index < -0.39 is 0 Å². The Hall–Kier alpha value is -1.20. The second-order valence-electron chi connectivity index (χ2n) is 4.94. The number of hydrogen-bond donors (Lipinski definition) is 2. The first-order valence-electron chi connectivity index (χ1n) is 6.27. The molecule has 1 fully saturated rings. The molecule has 0 bridgehead atoms. The van der Waals surface area contributed by atoms with Crippen molar-refractivity contribution in [3.63, 3.8) is 0 Å². The van der Waals surface area contributed by atoms with Gasteiger partial charge in [-0.05, 0) is 37.5 Å². The van der Waals surface area contributed by atoms with Crippen LogP contribution in [0.5, 0.6) is 0 Å². The van der Waals surface area contributed by atoms with E-state index in [1.54, 1.807) is 11.8 Å². The summed E-state index contributed by atoms with van der Waals surface area (Å²) in [4.78, 5) is 15.2. The second-order valence-corrected chi connectivity index (χ2v) is 5.96. The molecule has 1 aromatic carbocycles. The van der Waals surface area contributed by atoms with Gasteiger partial charge in [0.05, 0.1) is 17.5 Å². The summed E-state index contributed by atoms with van der Waals surface area (Å²) >= 11 is 1.58. The summed E-state index contributed by atoms with van der Waals surface area (Å²) in [6.45, 7) is 0. The van der Waals surface area contributed by atoms with Crippen molar-refractivity contribution in [2.24, 2.45) is 5.73 Å². The molecular formula is C13H17N3OS. The van der Waals surface area contributed by atoms with Crippen molar-refractivity contribution < 1.29 is 4.79 Å². The molecule has 1 amide bonds. The van der Waals surface area contributed by atoms with E-state index >= 15 is 0 Å². The smallest absolute Gasteiger partial charge is 0.237 e. The normalized spacial score (nSPS) is 27.4. The van der Waals surface area contributed by atoms with Crippen LogP contribution in [0.1, 0.15) is 19.3 Å². The Kier molecular flexibility index (Phi) is 2.95. The molecule has 0 aromatic heterocycles. The molecule has 0 spiro atoms. The van der Waals surface area contributed by atoms with E-state index in [1.165, 1.54) is 0 Å². The van der Waals surface area contributed by atoms with Gasteiger partial charge in [0.1, 0.15) is 0 Å². The first-order chi connectivity index (χ1) is 8.66. The van der Waals surface area contributed by atoms with Gasteiger partial charge in [0, 0.05) is 16.6 Å². The summed E-state index contributed by atoms with van der Waals surface area (Å²) < 4.78 is 0. The van der Waals surface area contributed by atoms with Gasteiger partial charge in [-0.25, -0.2) is 0 Å². The molecule has 4 nitrogen and oxygen atoms in total. The van der Waals surface area contributed by atoms with Crippen LogP contribution in [0.25, 0.3) is 0 Å². The first kappa shape index (κ1) is 11.9. The van der Waals surface area contributed by atoms with Gasteiger partial charge in [0.2, 0.25) is 5.91 Å². The van der Waals surface area contributed by atoms with Crippen LogP contribution in [0.2, 0.25) is 0 Å². The molecule has 1 aliphatic heterocycles. The highest BCUT2D eigenvalue weighted by Gasteiger charge is 2.36. The molecule has 0 radical (unpaired) electrons. The van der Waals surface area contributed by atoms with E-state index in [1.807, 2.05) is 23.1 Å². The Morgan fingerprint density at radius 1 is 1.33 bits per heavy atom. The highest BCUT2D eigenvalue weighted by atomic mass is 32.2. The number of fused-ring (bicyclic) bond motifs is 1. The lowest BCUT2D eigenvalue weighted by Gasteiger charge is -2.36. The van der Waals surface area contributed by atoms with Crippen LogP contribution >= 0.6 is 11.8 Å². The summed E-state index contributed by atoms with van der Waals surface area (Å²) in [6.07, 6.45) is 3.09. The number of nitrogens with zero attached hydrogens (tertiary/aromatic N) is 1. The van der Waals surface area contributed by atoms with E-state index in [-0.39, 0.29) is 18.0 Å². The van der Waals surface area contributed by atoms with E-state index in [0.717, 1.165) is 29.8 Å². The zero-order chi connectivity index (χ0) is 12.7. The lowest BCUT2D eigenvalue weighted by Crippen LogP contribution is -2.49. The fraction of sp³-hybridized carbons (Fsp3) is 0.462. The number of amides is 1. The molecule has 2 unspecified atom stereocenters. The fourth-order valence-electron chi connectivity index (χ4n) is 2.84. The van der Waals surface area contributed by atoms with Crippen molar-refractivity contribution in [3.05, 3.63) is 18.2 Å². The number of carbonyl (C=O) groups excluding carboxylic acids is 1. The molecule has 4 N–H and O–H groups in total. The number of thioether (sulfide) groups is 1. The average molecular weight is 263 g/mol. The van der Waals surface area contributed by atoms with Gasteiger partial charge in [0.15, 0.2) is 0 Å². The third-order valence-corrected chi connectivity index (χ3v) is 4.77. The van der Waals surface area contributed by atoms with Crippen LogP contribution in [0.4, 0.5) is 11.4 Å². The number of nitrogen functional groups attached to an aromatic ring is 1. The number of carbonyl (C=O) groups is 1. The van der Waals surface area contributed by atoms with Gasteiger partial charge >= 0.3 is 0 Å². The van der Waals surface area contributed by atoms with E-state index in [4.69, 9.17) is 11.5 Å². The summed E-state index contributed by atoms with van der Waals surface area (Å²) in [5.74, 6) is 0.653. The fourth-order valence-corrected chi connectivity index (χ4v) is 3.73. The molecule has 18 heavy (non-hydrogen) atoms. The van der Waals surface area contributed by atoms with Crippen molar-refractivity contribution in [3.8, 4) is 0 Å². The summed E-state index contributed by atoms with van der Waals surface area (Å²) in [6, 6.07) is 6.00. The molecule has 2 atom stereocenters. The second kappa shape index (κ2) is 4.48. The molecule has 3 rings (SSSR count). The number of hydrogen-bond acceptors (Lipinski definition) is 4. The highest BCUT2D eigenvalue weighted by molar-refractivity contribution is 8.00. The Morgan fingerprint density at radius 2 is 2.17 bits per heavy atom. The monoisotopic (exact) mass is 263 g/mol. The van der Waals surface area contributed by atoms with Crippen molar-refractivity contribution in [2.45, 2.75) is 36.2 Å². The number of rotatable bonds is 1. The quantitative estimate of drug-likeness (QED) is 0.755. The minimum absolute atomic E-state index is 0.0892. The van der Waals surface area contributed by atoms with Gasteiger partial charge < -0.3 is 16.4 Å². The Morgan fingerprint density at radius 3 is 2.89 bits per heavy atom. The third-order valence-electron chi connectivity index (χ3n) is 3.73. The van der Waals surface area contributed by atoms with Crippen LogP contribution in [0.15, 0.2) is 23.1 Å². The van der Waals surface area contributed by atoms with Crippen LogP contribution in [0.3, 0.4) is 0 Å². The molecular weight excluding hydrogens is 246 g/mol. The molecule has 1 saturated carbocycles. The van der Waals surface area contributed by atoms with Gasteiger partial charge in [-0.3, -0.25) is 4.79 Å². The molecule has 5 heteroatoms. The number of anilines is 2. The van der Waals surface area contributed by atoms with Crippen molar-refractivity contribution >= 4 is 29.0 Å². The number of benzene rings is 1. The topological polar surface area (TPSA) is 72.3 Å². The SMILES string of the molecule is Nc1ccc2c(c1)N(C1CCCC1N)C(=O)CS2. The maximum Gasteiger partial charge on any atom is 0.237 e. The third kappa shape index (κ3) is 1.87. The largest absolute Gasteiger partial charge is 0.399 e. The molecule has 1 heterocycles. The molecule has 2 aliphatic rings. The Labute approximate surface area is 111 Å². The van der Waals surface area contributed by atoms with Crippen LogP contribution in [-0.4, -0.2) is 23.7 Å². The summed E-state index contributed by atoms with van der Waals surface area (Å²) in [7, 11) is 0. The molecule has 1 aromatic rings.